The maximum absolute atomic E-state index is 13.0. The van der Waals surface area contributed by atoms with E-state index in [2.05, 4.69) is 0 Å². The van der Waals surface area contributed by atoms with Crippen molar-refractivity contribution in [3.8, 4) is 0 Å². The Labute approximate surface area is 156 Å². The van der Waals surface area contributed by atoms with Crippen LogP contribution in [0.4, 0.5) is 4.39 Å². The minimum Gasteiger partial charge on any atom is -0.453 e. The molecule has 0 aromatic heterocycles. The van der Waals surface area contributed by atoms with Crippen LogP contribution < -0.4 is 0 Å². The molecule has 6 nitrogen and oxygen atoms in total. The van der Waals surface area contributed by atoms with E-state index in [4.69, 9.17) is 4.74 Å². The Morgan fingerprint density at radius 2 is 1.56 bits per heavy atom. The lowest BCUT2D eigenvalue weighted by Gasteiger charge is -2.23. The van der Waals surface area contributed by atoms with E-state index in [1.807, 2.05) is 12.2 Å². The van der Waals surface area contributed by atoms with Gasteiger partial charge in [-0.2, -0.15) is 0 Å². The van der Waals surface area contributed by atoms with Gasteiger partial charge in [0.15, 0.2) is 6.10 Å². The summed E-state index contributed by atoms with van der Waals surface area (Å²) >= 11 is 0. The Morgan fingerprint density at radius 3 is 2.07 bits per heavy atom. The van der Waals surface area contributed by atoms with Crippen LogP contribution in [-0.4, -0.2) is 40.6 Å². The molecule has 27 heavy (non-hydrogen) atoms. The lowest BCUT2D eigenvalue weighted by Crippen LogP contribution is -2.45. The van der Waals surface area contributed by atoms with E-state index in [1.165, 1.54) is 26.0 Å². The Hall–Kier alpha value is -2.83. The van der Waals surface area contributed by atoms with Crippen LogP contribution in [0.3, 0.4) is 0 Å². The Morgan fingerprint density at radius 1 is 1.04 bits per heavy atom. The number of hydrogen-bond acceptors (Lipinski definition) is 5. The van der Waals surface area contributed by atoms with Crippen LogP contribution in [0.5, 0.6) is 0 Å². The number of allylic oxidation sites excluding steroid dienone is 2. The first-order valence-corrected chi connectivity index (χ1v) is 8.83. The minimum atomic E-state index is -1.12. The highest BCUT2D eigenvalue weighted by Crippen LogP contribution is 2.36. The number of carbonyl (C=O) groups excluding carboxylic acids is 4. The average molecular weight is 373 g/mol. The summed E-state index contributed by atoms with van der Waals surface area (Å²) in [6.45, 7) is 2.81. The summed E-state index contributed by atoms with van der Waals surface area (Å²) in [7, 11) is 0. The Kier molecular flexibility index (Phi) is 5.21. The van der Waals surface area contributed by atoms with Crippen molar-refractivity contribution in [3.05, 3.63) is 47.8 Å². The molecule has 1 saturated heterocycles. The molecular weight excluding hydrogens is 353 g/mol. The highest BCUT2D eigenvalue weighted by molar-refractivity contribution is 6.08. The van der Waals surface area contributed by atoms with Crippen molar-refractivity contribution >= 4 is 23.6 Å². The van der Waals surface area contributed by atoms with Crippen LogP contribution in [0, 0.1) is 17.7 Å². The second kappa shape index (κ2) is 7.42. The van der Waals surface area contributed by atoms with E-state index in [9.17, 15) is 23.6 Å². The molecule has 1 fully saturated rings. The van der Waals surface area contributed by atoms with Crippen molar-refractivity contribution in [1.29, 1.82) is 0 Å². The molecule has 0 N–H and O–H groups in total. The zero-order valence-corrected chi connectivity index (χ0v) is 15.1. The summed E-state index contributed by atoms with van der Waals surface area (Å²) in [5.41, 5.74) is 0.203. The molecular formula is C20H20FNO5. The van der Waals surface area contributed by atoms with Crippen LogP contribution in [0.1, 0.15) is 37.0 Å². The number of esters is 1. The van der Waals surface area contributed by atoms with Crippen LogP contribution in [-0.2, 0) is 19.1 Å². The van der Waals surface area contributed by atoms with Crippen LogP contribution >= 0.6 is 0 Å². The van der Waals surface area contributed by atoms with Crippen molar-refractivity contribution in [2.75, 3.05) is 0 Å². The van der Waals surface area contributed by atoms with Crippen LogP contribution in [0.2, 0.25) is 0 Å². The predicted octanol–water partition coefficient (Wildman–Crippen LogP) is 2.28. The van der Waals surface area contributed by atoms with E-state index in [0.29, 0.717) is 12.8 Å². The Bertz CT molecular complexity index is 790. The first-order valence-electron chi connectivity index (χ1n) is 8.83. The van der Waals surface area contributed by atoms with Gasteiger partial charge in [-0.1, -0.05) is 12.2 Å². The zero-order chi connectivity index (χ0) is 19.7. The third-order valence-corrected chi connectivity index (χ3v) is 5.06. The predicted molar refractivity (Wildman–Crippen MR) is 93.0 cm³/mol. The van der Waals surface area contributed by atoms with Crippen molar-refractivity contribution in [2.45, 2.75) is 38.8 Å². The Balaban J connectivity index is 1.67. The third kappa shape index (κ3) is 3.54. The van der Waals surface area contributed by atoms with Gasteiger partial charge in [-0.3, -0.25) is 19.3 Å². The van der Waals surface area contributed by atoms with Gasteiger partial charge in [0.05, 0.1) is 11.8 Å². The van der Waals surface area contributed by atoms with Gasteiger partial charge in [0.1, 0.15) is 11.9 Å². The molecule has 0 spiro atoms. The van der Waals surface area contributed by atoms with E-state index >= 15 is 0 Å². The monoisotopic (exact) mass is 373 g/mol. The smallest absolute Gasteiger partial charge is 0.329 e. The molecule has 142 valence electrons. The highest BCUT2D eigenvalue weighted by Gasteiger charge is 2.50. The van der Waals surface area contributed by atoms with Gasteiger partial charge in [-0.25, -0.2) is 9.18 Å². The fourth-order valence-corrected chi connectivity index (χ4v) is 3.49. The van der Waals surface area contributed by atoms with Crippen molar-refractivity contribution in [1.82, 2.24) is 4.90 Å². The normalized spacial score (nSPS) is 23.7. The molecule has 1 heterocycles. The van der Waals surface area contributed by atoms with Crippen molar-refractivity contribution in [2.24, 2.45) is 11.8 Å². The van der Waals surface area contributed by atoms with Gasteiger partial charge < -0.3 is 4.74 Å². The van der Waals surface area contributed by atoms with Crippen molar-refractivity contribution < 1.29 is 28.3 Å². The molecule has 1 aromatic carbocycles. The average Bonchev–Trinajstić information content (AvgIpc) is 2.92. The van der Waals surface area contributed by atoms with Gasteiger partial charge in [0, 0.05) is 5.56 Å². The number of ketones is 1. The summed E-state index contributed by atoms with van der Waals surface area (Å²) in [5.74, 6) is -3.43. The minimum absolute atomic E-state index is 0.203. The highest BCUT2D eigenvalue weighted by atomic mass is 19.1. The molecule has 4 atom stereocenters. The lowest BCUT2D eigenvalue weighted by molar-refractivity contribution is -0.159. The summed E-state index contributed by atoms with van der Waals surface area (Å²) < 4.78 is 18.1. The molecule has 2 amide bonds. The fourth-order valence-electron chi connectivity index (χ4n) is 3.49. The number of fused-ring (bicyclic) bond motifs is 1. The summed E-state index contributed by atoms with van der Waals surface area (Å²) in [6, 6.07) is 3.77. The van der Waals surface area contributed by atoms with E-state index in [1.54, 1.807) is 0 Å². The van der Waals surface area contributed by atoms with Gasteiger partial charge in [0.25, 0.3) is 0 Å². The molecule has 3 rings (SSSR count). The number of halogens is 1. The number of hydrogen-bond donors (Lipinski definition) is 0. The SMILES string of the molecule is C[C@H](OC(=O)[C@H](C)N1C(=O)[C@H]2CC=CC[C@H]2C1=O)C(=O)c1ccc(F)cc1. The summed E-state index contributed by atoms with van der Waals surface area (Å²) in [4.78, 5) is 50.8. The summed E-state index contributed by atoms with van der Waals surface area (Å²) in [5, 5.41) is 0. The third-order valence-electron chi connectivity index (χ3n) is 5.06. The van der Waals surface area contributed by atoms with Gasteiger partial charge >= 0.3 is 5.97 Å². The number of likely N-dealkylation sites (tertiary alicyclic amines) is 1. The number of rotatable bonds is 5. The molecule has 1 aliphatic carbocycles. The molecule has 7 heteroatoms. The van der Waals surface area contributed by atoms with Gasteiger partial charge in [0.2, 0.25) is 17.6 Å². The molecule has 0 radical (unpaired) electrons. The molecule has 0 saturated carbocycles. The van der Waals surface area contributed by atoms with E-state index in [0.717, 1.165) is 17.0 Å². The zero-order valence-electron chi connectivity index (χ0n) is 15.1. The number of benzene rings is 1. The molecule has 2 aliphatic rings. The van der Waals surface area contributed by atoms with Gasteiger partial charge in [-0.15, -0.1) is 0 Å². The number of Topliss-reactive ketones (excluding diaryl/α,β-unsaturated/α-hetero) is 1. The standard InChI is InChI=1S/C20H20FNO5/c1-11(22-18(24)15-5-3-4-6-16(15)19(22)25)20(26)27-12(2)17(23)13-7-9-14(21)10-8-13/h3-4,7-12,15-16H,5-6H2,1-2H3/t11-,12-,15-,16+/m0/s1. The molecule has 0 unspecified atom stereocenters. The second-order valence-corrected chi connectivity index (χ2v) is 6.83. The number of amides is 2. The fraction of sp³-hybridized carbons (Fsp3) is 0.400. The quantitative estimate of drug-likeness (QED) is 0.342. The lowest BCUT2D eigenvalue weighted by atomic mass is 9.85. The second-order valence-electron chi connectivity index (χ2n) is 6.83. The number of nitrogens with zero attached hydrogens (tertiary/aromatic N) is 1. The number of carbonyl (C=O) groups is 4. The van der Waals surface area contributed by atoms with Crippen LogP contribution in [0.25, 0.3) is 0 Å². The van der Waals surface area contributed by atoms with Crippen molar-refractivity contribution in [3.63, 3.8) is 0 Å². The number of ether oxygens (including phenoxy) is 1. The van der Waals surface area contributed by atoms with Crippen LogP contribution in [0.15, 0.2) is 36.4 Å². The maximum atomic E-state index is 13.0. The topological polar surface area (TPSA) is 80.8 Å². The molecule has 1 aliphatic heterocycles. The molecule has 0 bridgehead atoms. The first kappa shape index (κ1) is 18.9. The largest absolute Gasteiger partial charge is 0.453 e. The first-order chi connectivity index (χ1) is 12.8. The summed E-state index contributed by atoms with van der Waals surface area (Å²) in [6.07, 6.45) is 3.56. The maximum Gasteiger partial charge on any atom is 0.329 e. The number of imide groups is 1. The van der Waals surface area contributed by atoms with Gasteiger partial charge in [-0.05, 0) is 51.0 Å². The van der Waals surface area contributed by atoms with E-state index < -0.39 is 41.6 Å². The molecule has 1 aromatic rings. The van der Waals surface area contributed by atoms with E-state index in [-0.39, 0.29) is 17.4 Å².